The molecule has 1 aliphatic rings. The van der Waals surface area contributed by atoms with E-state index < -0.39 is 10.0 Å². The van der Waals surface area contributed by atoms with Crippen molar-refractivity contribution in [3.63, 3.8) is 0 Å². The van der Waals surface area contributed by atoms with Gasteiger partial charge in [0.1, 0.15) is 0 Å². The molecule has 0 amide bonds. The maximum Gasteiger partial charge on any atom is 0.243 e. The molecule has 0 saturated carbocycles. The third kappa shape index (κ3) is 5.01. The fourth-order valence-electron chi connectivity index (χ4n) is 3.60. The highest BCUT2D eigenvalue weighted by atomic mass is 32.2. The fraction of sp³-hybridized carbons (Fsp3) is 0.409. The zero-order chi connectivity index (χ0) is 21.8. The molecule has 0 radical (unpaired) electrons. The Morgan fingerprint density at radius 3 is 2.39 bits per heavy atom. The molecule has 1 unspecified atom stereocenters. The largest absolute Gasteiger partial charge is 0.295 e. The summed E-state index contributed by atoms with van der Waals surface area (Å²) in [7, 11) is -3.46. The minimum absolute atomic E-state index is 0.375. The first-order valence-electron chi connectivity index (χ1n) is 10.5. The van der Waals surface area contributed by atoms with E-state index in [1.165, 1.54) is 16.9 Å². The van der Waals surface area contributed by atoms with Gasteiger partial charge in [-0.05, 0) is 36.1 Å². The van der Waals surface area contributed by atoms with E-state index in [0.717, 1.165) is 17.1 Å². The summed E-state index contributed by atoms with van der Waals surface area (Å²) in [4.78, 5) is 15.7. The van der Waals surface area contributed by atoms with E-state index in [4.69, 9.17) is 0 Å². The first kappa shape index (κ1) is 22.0. The molecular weight excluding hydrogens is 430 g/mol. The average Bonchev–Trinajstić information content (AvgIpc) is 3.28. The van der Waals surface area contributed by atoms with Crippen molar-refractivity contribution >= 4 is 21.4 Å². The Labute approximate surface area is 187 Å². The van der Waals surface area contributed by atoms with Crippen LogP contribution in [0.3, 0.4) is 0 Å². The molecule has 1 fully saturated rings. The van der Waals surface area contributed by atoms with Gasteiger partial charge in [0, 0.05) is 50.5 Å². The Balaban J connectivity index is 1.35. The van der Waals surface area contributed by atoms with Gasteiger partial charge in [-0.25, -0.2) is 23.4 Å². The smallest absolute Gasteiger partial charge is 0.243 e. The van der Waals surface area contributed by atoms with Gasteiger partial charge in [0.05, 0.1) is 10.6 Å². The number of sulfonamides is 1. The van der Waals surface area contributed by atoms with E-state index in [9.17, 15) is 8.42 Å². The lowest BCUT2D eigenvalue weighted by Crippen LogP contribution is -2.48. The van der Waals surface area contributed by atoms with Crippen LogP contribution in [0.15, 0.2) is 53.0 Å². The van der Waals surface area contributed by atoms with Crippen LogP contribution in [0.2, 0.25) is 0 Å². The Hall–Kier alpha value is -2.20. The van der Waals surface area contributed by atoms with Crippen molar-refractivity contribution in [2.45, 2.75) is 37.6 Å². The van der Waals surface area contributed by atoms with Gasteiger partial charge in [-0.3, -0.25) is 4.90 Å². The van der Waals surface area contributed by atoms with Crippen LogP contribution >= 0.6 is 11.3 Å². The van der Waals surface area contributed by atoms with Gasteiger partial charge in [-0.15, -0.1) is 11.3 Å². The predicted octanol–water partition coefficient (Wildman–Crippen LogP) is 3.62. The molecule has 0 aliphatic carbocycles. The molecule has 4 rings (SSSR count). The summed E-state index contributed by atoms with van der Waals surface area (Å²) >= 11 is 1.53. The molecular formula is C22H27N5O2S2. The third-order valence-corrected chi connectivity index (χ3v) is 8.52. The quantitative estimate of drug-likeness (QED) is 0.539. The number of piperazine rings is 1. The molecule has 164 valence electrons. The summed E-state index contributed by atoms with van der Waals surface area (Å²) in [5, 5.41) is 2.82. The van der Waals surface area contributed by atoms with Crippen molar-refractivity contribution < 1.29 is 8.42 Å². The van der Waals surface area contributed by atoms with E-state index in [1.807, 2.05) is 17.5 Å². The molecule has 0 bridgehead atoms. The Kier molecular flexibility index (Phi) is 6.76. The second kappa shape index (κ2) is 9.52. The normalized spacial score (nSPS) is 17.0. The Morgan fingerprint density at radius 2 is 1.74 bits per heavy atom. The SMILES string of the molecule is CCC(C)c1ccc(S(=O)(=O)N2CCN(Cc3csc(-c4ncccn4)n3)CC2)cc1. The predicted molar refractivity (Wildman–Crippen MR) is 122 cm³/mol. The van der Waals surface area contributed by atoms with E-state index in [1.54, 1.807) is 34.9 Å². The highest BCUT2D eigenvalue weighted by Gasteiger charge is 2.28. The van der Waals surface area contributed by atoms with Crippen LogP contribution in [-0.4, -0.2) is 58.8 Å². The van der Waals surface area contributed by atoms with Gasteiger partial charge < -0.3 is 0 Å². The Bertz CT molecular complexity index is 1090. The number of rotatable bonds is 7. The Morgan fingerprint density at radius 1 is 1.06 bits per heavy atom. The van der Waals surface area contributed by atoms with Crippen LogP contribution in [0.1, 0.15) is 37.4 Å². The molecule has 0 N–H and O–H groups in total. The molecule has 7 nitrogen and oxygen atoms in total. The fourth-order valence-corrected chi connectivity index (χ4v) is 5.78. The number of thiazole rings is 1. The summed E-state index contributed by atoms with van der Waals surface area (Å²) in [6.07, 6.45) is 4.45. The number of hydrogen-bond donors (Lipinski definition) is 0. The minimum atomic E-state index is -3.46. The van der Waals surface area contributed by atoms with Crippen LogP contribution in [-0.2, 0) is 16.6 Å². The highest BCUT2D eigenvalue weighted by Crippen LogP contribution is 2.24. The van der Waals surface area contributed by atoms with Gasteiger partial charge in [-0.2, -0.15) is 4.31 Å². The van der Waals surface area contributed by atoms with Crippen LogP contribution in [0.25, 0.3) is 10.8 Å². The summed E-state index contributed by atoms with van der Waals surface area (Å²) in [6.45, 7) is 7.30. The van der Waals surface area contributed by atoms with Gasteiger partial charge in [-0.1, -0.05) is 26.0 Å². The second-order valence-electron chi connectivity index (χ2n) is 7.77. The van der Waals surface area contributed by atoms with E-state index in [0.29, 0.717) is 49.4 Å². The number of benzene rings is 1. The maximum absolute atomic E-state index is 13.0. The lowest BCUT2D eigenvalue weighted by Gasteiger charge is -2.33. The molecule has 1 atom stereocenters. The molecule has 3 aromatic rings. The summed E-state index contributed by atoms with van der Waals surface area (Å²) in [5.74, 6) is 1.06. The molecule has 1 aromatic carbocycles. The lowest BCUT2D eigenvalue weighted by atomic mass is 9.99. The second-order valence-corrected chi connectivity index (χ2v) is 10.6. The van der Waals surface area contributed by atoms with E-state index >= 15 is 0 Å². The monoisotopic (exact) mass is 457 g/mol. The molecule has 1 aliphatic heterocycles. The van der Waals surface area contributed by atoms with E-state index in [-0.39, 0.29) is 0 Å². The maximum atomic E-state index is 13.0. The van der Waals surface area contributed by atoms with Crippen LogP contribution in [0.4, 0.5) is 0 Å². The standard InChI is InChI=1S/C22H27N5O2S2/c1-3-17(2)18-5-7-20(8-6-18)31(28,29)27-13-11-26(12-14-27)15-19-16-30-22(25-19)21-23-9-4-10-24-21/h4-10,16-17H,3,11-15H2,1-2H3. The van der Waals surface area contributed by atoms with Gasteiger partial charge in [0.2, 0.25) is 10.0 Å². The van der Waals surface area contributed by atoms with Crippen LogP contribution in [0, 0.1) is 0 Å². The molecule has 2 aromatic heterocycles. The number of aromatic nitrogens is 3. The van der Waals surface area contributed by atoms with Gasteiger partial charge in [0.25, 0.3) is 0 Å². The zero-order valence-corrected chi connectivity index (χ0v) is 19.4. The zero-order valence-electron chi connectivity index (χ0n) is 17.8. The molecule has 3 heterocycles. The van der Waals surface area contributed by atoms with Crippen LogP contribution in [0.5, 0.6) is 0 Å². The molecule has 31 heavy (non-hydrogen) atoms. The lowest BCUT2D eigenvalue weighted by molar-refractivity contribution is 0.180. The minimum Gasteiger partial charge on any atom is -0.295 e. The van der Waals surface area contributed by atoms with Crippen LogP contribution < -0.4 is 0 Å². The van der Waals surface area contributed by atoms with Crippen molar-refractivity contribution in [3.8, 4) is 10.8 Å². The molecule has 0 spiro atoms. The highest BCUT2D eigenvalue weighted by molar-refractivity contribution is 7.89. The van der Waals surface area contributed by atoms with Crippen molar-refractivity contribution in [2.24, 2.45) is 0 Å². The number of nitrogens with zero attached hydrogens (tertiary/aromatic N) is 5. The summed E-state index contributed by atoms with van der Waals surface area (Å²) in [5.41, 5.74) is 2.14. The van der Waals surface area contributed by atoms with Crippen molar-refractivity contribution in [1.29, 1.82) is 0 Å². The first-order valence-corrected chi connectivity index (χ1v) is 12.8. The average molecular weight is 458 g/mol. The summed E-state index contributed by atoms with van der Waals surface area (Å²) in [6, 6.07) is 9.14. The molecule has 9 heteroatoms. The topological polar surface area (TPSA) is 79.3 Å². The van der Waals surface area contributed by atoms with Gasteiger partial charge >= 0.3 is 0 Å². The summed E-state index contributed by atoms with van der Waals surface area (Å²) < 4.78 is 27.7. The van der Waals surface area contributed by atoms with Gasteiger partial charge in [0.15, 0.2) is 10.8 Å². The third-order valence-electron chi connectivity index (χ3n) is 5.72. The number of hydrogen-bond acceptors (Lipinski definition) is 7. The molecule has 1 saturated heterocycles. The first-order chi connectivity index (χ1) is 15.0. The van der Waals surface area contributed by atoms with Crippen molar-refractivity contribution in [1.82, 2.24) is 24.2 Å². The van der Waals surface area contributed by atoms with Crippen molar-refractivity contribution in [2.75, 3.05) is 26.2 Å². The van der Waals surface area contributed by atoms with Crippen molar-refractivity contribution in [3.05, 3.63) is 59.4 Å². The van der Waals surface area contributed by atoms with E-state index in [2.05, 4.69) is 33.7 Å².